The lowest BCUT2D eigenvalue weighted by Gasteiger charge is -2.36. The van der Waals surface area contributed by atoms with E-state index in [4.69, 9.17) is 4.74 Å². The molecule has 0 saturated carbocycles. The van der Waals surface area contributed by atoms with Crippen molar-refractivity contribution in [1.29, 1.82) is 0 Å². The van der Waals surface area contributed by atoms with Gasteiger partial charge in [-0.2, -0.15) is 0 Å². The molecule has 1 aromatic rings. The van der Waals surface area contributed by atoms with E-state index in [-0.39, 0.29) is 35.4 Å². The molecular weight excluding hydrogens is 388 g/mol. The maximum atomic E-state index is 11.1. The van der Waals surface area contributed by atoms with Crippen molar-refractivity contribution in [2.75, 3.05) is 19.8 Å². The monoisotopic (exact) mass is 426 g/mol. The molecule has 1 aliphatic heterocycles. The molecular formula is C27H38O4. The van der Waals surface area contributed by atoms with Crippen LogP contribution in [0.2, 0.25) is 0 Å². The number of aliphatic hydroxyl groups is 1. The fourth-order valence-electron chi connectivity index (χ4n) is 5.11. The summed E-state index contributed by atoms with van der Waals surface area (Å²) in [5.74, 6) is 0.182. The first-order valence-corrected chi connectivity index (χ1v) is 11.7. The van der Waals surface area contributed by atoms with Gasteiger partial charge in [0.2, 0.25) is 0 Å². The molecule has 1 aliphatic carbocycles. The summed E-state index contributed by atoms with van der Waals surface area (Å²) in [6.07, 6.45) is 13.2. The highest BCUT2D eigenvalue weighted by molar-refractivity contribution is 5.54. The van der Waals surface area contributed by atoms with E-state index in [1.54, 1.807) is 0 Å². The summed E-state index contributed by atoms with van der Waals surface area (Å²) in [4.78, 5) is 0. The van der Waals surface area contributed by atoms with E-state index in [1.165, 1.54) is 0 Å². The quantitative estimate of drug-likeness (QED) is 0.359. The molecule has 1 heterocycles. The molecule has 0 aromatic heterocycles. The van der Waals surface area contributed by atoms with Crippen LogP contribution >= 0.6 is 0 Å². The molecule has 1 aromatic carbocycles. The molecule has 2 aliphatic rings. The zero-order valence-electron chi connectivity index (χ0n) is 19.1. The van der Waals surface area contributed by atoms with Crippen LogP contribution < -0.4 is 0 Å². The topological polar surface area (TPSA) is 69.9 Å². The van der Waals surface area contributed by atoms with E-state index in [0.29, 0.717) is 18.8 Å². The minimum Gasteiger partial charge on any atom is -0.507 e. The third kappa shape index (κ3) is 5.24. The van der Waals surface area contributed by atoms with Crippen LogP contribution in [-0.2, 0) is 10.2 Å². The first-order valence-electron chi connectivity index (χ1n) is 11.7. The number of aromatic hydroxyl groups is 2. The predicted molar refractivity (Wildman–Crippen MR) is 126 cm³/mol. The van der Waals surface area contributed by atoms with Crippen LogP contribution in [0.15, 0.2) is 48.1 Å². The second kappa shape index (κ2) is 10.5. The molecule has 0 unspecified atom stereocenters. The second-order valence-electron chi connectivity index (χ2n) is 9.24. The summed E-state index contributed by atoms with van der Waals surface area (Å²) >= 11 is 0. The Morgan fingerprint density at radius 3 is 2.48 bits per heavy atom. The smallest absolute Gasteiger partial charge is 0.123 e. The molecule has 0 bridgehead atoms. The lowest BCUT2D eigenvalue weighted by Crippen LogP contribution is -2.32. The van der Waals surface area contributed by atoms with Crippen LogP contribution in [0, 0.1) is 5.92 Å². The zero-order valence-corrected chi connectivity index (χ0v) is 19.1. The Hall–Kier alpha value is -2.04. The van der Waals surface area contributed by atoms with Gasteiger partial charge in [-0.25, -0.2) is 0 Å². The number of hydrogen-bond donors (Lipinski definition) is 3. The van der Waals surface area contributed by atoms with Crippen molar-refractivity contribution in [3.63, 3.8) is 0 Å². The number of allylic oxidation sites excluding steroid dienone is 4. The Labute approximate surface area is 187 Å². The summed E-state index contributed by atoms with van der Waals surface area (Å²) in [6, 6.07) is 3.67. The van der Waals surface area contributed by atoms with Gasteiger partial charge in [0, 0.05) is 30.1 Å². The van der Waals surface area contributed by atoms with Crippen LogP contribution in [0.3, 0.4) is 0 Å². The van der Waals surface area contributed by atoms with E-state index in [9.17, 15) is 15.3 Å². The van der Waals surface area contributed by atoms with Crippen molar-refractivity contribution in [2.45, 2.75) is 70.1 Å². The molecule has 4 heteroatoms. The van der Waals surface area contributed by atoms with E-state index in [0.717, 1.165) is 61.7 Å². The highest BCUT2D eigenvalue weighted by Crippen LogP contribution is 2.48. The SMILES string of the molecule is C=C(C)[C@H]1CCC(CO)=C[C@@H]1c1c(O)cc(C2(/C=C/CCCC)CCOCC2)cc1O. The van der Waals surface area contributed by atoms with Crippen molar-refractivity contribution in [2.24, 2.45) is 5.92 Å². The van der Waals surface area contributed by atoms with Gasteiger partial charge in [-0.15, -0.1) is 0 Å². The first kappa shape index (κ1) is 23.6. The van der Waals surface area contributed by atoms with Gasteiger partial charge in [0.15, 0.2) is 0 Å². The average Bonchev–Trinajstić information content (AvgIpc) is 2.76. The highest BCUT2D eigenvalue weighted by atomic mass is 16.5. The van der Waals surface area contributed by atoms with E-state index < -0.39 is 0 Å². The second-order valence-corrected chi connectivity index (χ2v) is 9.24. The number of phenolic OH excluding ortho intramolecular Hbond substituents is 2. The average molecular weight is 427 g/mol. The summed E-state index contributed by atoms with van der Waals surface area (Å²) < 4.78 is 5.62. The molecule has 2 atom stereocenters. The number of phenols is 2. The third-order valence-electron chi connectivity index (χ3n) is 7.05. The molecule has 0 spiro atoms. The molecule has 0 amide bonds. The lowest BCUT2D eigenvalue weighted by molar-refractivity contribution is 0.0651. The number of hydrogen-bond acceptors (Lipinski definition) is 4. The third-order valence-corrected chi connectivity index (χ3v) is 7.05. The Balaban J connectivity index is 2.01. The summed E-state index contributed by atoms with van der Waals surface area (Å²) in [6.45, 7) is 9.67. The van der Waals surface area contributed by atoms with Crippen LogP contribution in [0.25, 0.3) is 0 Å². The molecule has 3 rings (SSSR count). The minimum atomic E-state index is -0.230. The molecule has 1 saturated heterocycles. The van der Waals surface area contributed by atoms with E-state index in [2.05, 4.69) is 25.7 Å². The lowest BCUT2D eigenvalue weighted by atomic mass is 9.71. The number of unbranched alkanes of at least 4 members (excludes halogenated alkanes) is 2. The summed E-state index contributed by atoms with van der Waals surface area (Å²) in [5.41, 5.74) is 3.23. The van der Waals surface area contributed by atoms with Crippen LogP contribution in [0.1, 0.15) is 75.8 Å². The van der Waals surface area contributed by atoms with Gasteiger partial charge < -0.3 is 20.1 Å². The van der Waals surface area contributed by atoms with Crippen LogP contribution in [0.4, 0.5) is 0 Å². The molecule has 3 N–H and O–H groups in total. The number of aliphatic hydroxyl groups excluding tert-OH is 1. The van der Waals surface area contributed by atoms with Gasteiger partial charge in [0.1, 0.15) is 11.5 Å². The van der Waals surface area contributed by atoms with Crippen molar-refractivity contribution < 1.29 is 20.1 Å². The van der Waals surface area contributed by atoms with Gasteiger partial charge in [0.25, 0.3) is 0 Å². The van der Waals surface area contributed by atoms with E-state index >= 15 is 0 Å². The predicted octanol–water partition coefficient (Wildman–Crippen LogP) is 5.88. The van der Waals surface area contributed by atoms with Crippen molar-refractivity contribution in [3.05, 3.63) is 59.2 Å². The van der Waals surface area contributed by atoms with Crippen LogP contribution in [0.5, 0.6) is 11.5 Å². The Morgan fingerprint density at radius 2 is 1.90 bits per heavy atom. The fourth-order valence-corrected chi connectivity index (χ4v) is 5.11. The van der Waals surface area contributed by atoms with Gasteiger partial charge in [-0.05, 0) is 68.2 Å². The number of ether oxygens (including phenoxy) is 1. The Morgan fingerprint density at radius 1 is 1.23 bits per heavy atom. The summed E-state index contributed by atoms with van der Waals surface area (Å²) in [5, 5.41) is 31.9. The maximum Gasteiger partial charge on any atom is 0.123 e. The Bertz CT molecular complexity index is 807. The molecule has 1 fully saturated rings. The van der Waals surface area contributed by atoms with Gasteiger partial charge >= 0.3 is 0 Å². The van der Waals surface area contributed by atoms with Gasteiger partial charge in [-0.3, -0.25) is 0 Å². The van der Waals surface area contributed by atoms with Crippen molar-refractivity contribution in [3.8, 4) is 11.5 Å². The zero-order chi connectivity index (χ0) is 22.4. The van der Waals surface area contributed by atoms with Crippen molar-refractivity contribution in [1.82, 2.24) is 0 Å². The Kier molecular flexibility index (Phi) is 8.01. The largest absolute Gasteiger partial charge is 0.507 e. The molecule has 4 nitrogen and oxygen atoms in total. The standard InChI is InChI=1S/C27H38O4/c1-4-5-6-7-10-27(11-13-31-14-12-27)21-16-24(29)26(25(30)17-21)23-15-20(18-28)8-9-22(23)19(2)3/h7,10,15-17,22-23,28-30H,2,4-6,8-9,11-14,18H2,1,3H3/b10-7+/t22-,23+/m1/s1. The molecule has 170 valence electrons. The molecule has 31 heavy (non-hydrogen) atoms. The van der Waals surface area contributed by atoms with Gasteiger partial charge in [-0.1, -0.05) is 50.1 Å². The van der Waals surface area contributed by atoms with Crippen LogP contribution in [-0.4, -0.2) is 35.1 Å². The number of rotatable bonds is 8. The number of benzene rings is 1. The maximum absolute atomic E-state index is 11.1. The minimum absolute atomic E-state index is 0.00465. The van der Waals surface area contributed by atoms with Gasteiger partial charge in [0.05, 0.1) is 6.61 Å². The van der Waals surface area contributed by atoms with Crippen molar-refractivity contribution >= 4 is 0 Å². The normalized spacial score (nSPS) is 23.6. The first-order chi connectivity index (χ1) is 14.9. The highest BCUT2D eigenvalue weighted by Gasteiger charge is 2.35. The fraction of sp³-hybridized carbons (Fsp3) is 0.556. The van der Waals surface area contributed by atoms with E-state index in [1.807, 2.05) is 25.1 Å². The molecule has 0 radical (unpaired) electrons. The summed E-state index contributed by atoms with van der Waals surface area (Å²) in [7, 11) is 0.